The van der Waals surface area contributed by atoms with Gasteiger partial charge in [0.25, 0.3) is 0 Å². The Hall–Kier alpha value is -0.330. The molecule has 0 aliphatic heterocycles. The van der Waals surface area contributed by atoms with Gasteiger partial charge in [-0.05, 0) is 31.1 Å². The minimum absolute atomic E-state index is 0.411. The van der Waals surface area contributed by atoms with E-state index < -0.39 is 0 Å². The highest BCUT2D eigenvalue weighted by atomic mass is 16.1. The number of carbonyl (C=O) groups excluding carboxylic acids is 1. The van der Waals surface area contributed by atoms with Crippen molar-refractivity contribution in [1.82, 2.24) is 0 Å². The molecule has 1 aliphatic carbocycles. The zero-order valence-corrected chi connectivity index (χ0v) is 10.6. The van der Waals surface area contributed by atoms with Crippen LogP contribution in [-0.2, 0) is 4.79 Å². The molecule has 0 bridgehead atoms. The lowest BCUT2D eigenvalue weighted by molar-refractivity contribution is -0.123. The molecule has 0 saturated heterocycles. The number of rotatable bonds is 6. The number of hydrogen-bond acceptors (Lipinski definition) is 1. The van der Waals surface area contributed by atoms with Crippen LogP contribution in [0.15, 0.2) is 0 Å². The Labute approximate surface area is 94.6 Å². The van der Waals surface area contributed by atoms with E-state index in [0.29, 0.717) is 17.6 Å². The summed E-state index contributed by atoms with van der Waals surface area (Å²) in [5.41, 5.74) is 0. The summed E-state index contributed by atoms with van der Waals surface area (Å²) in [6.45, 7) is 6.66. The van der Waals surface area contributed by atoms with Gasteiger partial charge >= 0.3 is 0 Å². The van der Waals surface area contributed by atoms with Crippen LogP contribution in [0.4, 0.5) is 0 Å². The monoisotopic (exact) mass is 210 g/mol. The Morgan fingerprint density at radius 2 is 2.07 bits per heavy atom. The van der Waals surface area contributed by atoms with Crippen molar-refractivity contribution in [3.8, 4) is 0 Å². The van der Waals surface area contributed by atoms with E-state index >= 15 is 0 Å². The lowest BCUT2D eigenvalue weighted by atomic mass is 9.91. The molecule has 0 radical (unpaired) electrons. The van der Waals surface area contributed by atoms with Crippen LogP contribution in [0.25, 0.3) is 0 Å². The normalized spacial score (nSPS) is 27.9. The van der Waals surface area contributed by atoms with E-state index in [1.165, 1.54) is 32.1 Å². The molecule has 0 N–H and O–H groups in total. The number of ketones is 1. The van der Waals surface area contributed by atoms with Gasteiger partial charge < -0.3 is 0 Å². The second-order valence-corrected chi connectivity index (χ2v) is 5.35. The van der Waals surface area contributed by atoms with E-state index in [0.717, 1.165) is 18.8 Å². The van der Waals surface area contributed by atoms with Crippen LogP contribution in [0.3, 0.4) is 0 Å². The molecule has 1 saturated carbocycles. The van der Waals surface area contributed by atoms with Crippen molar-refractivity contribution in [2.75, 3.05) is 0 Å². The lowest BCUT2D eigenvalue weighted by Gasteiger charge is -2.13. The summed E-state index contributed by atoms with van der Waals surface area (Å²) in [5, 5.41) is 0. The molecule has 0 amide bonds. The standard InChI is InChI=1S/C14H26O/c1-4-6-11(3)9-14(15)13-8-7-12(5-2)10-13/h11-13H,4-10H2,1-3H3. The average molecular weight is 210 g/mol. The van der Waals surface area contributed by atoms with Crippen molar-refractivity contribution in [2.45, 2.75) is 65.7 Å². The topological polar surface area (TPSA) is 17.1 Å². The Kier molecular flexibility index (Phi) is 5.35. The number of carbonyl (C=O) groups is 1. The summed E-state index contributed by atoms with van der Waals surface area (Å²) < 4.78 is 0. The summed E-state index contributed by atoms with van der Waals surface area (Å²) in [6, 6.07) is 0. The fraction of sp³-hybridized carbons (Fsp3) is 0.929. The third-order valence-corrected chi connectivity index (χ3v) is 3.91. The molecule has 1 aliphatic rings. The van der Waals surface area contributed by atoms with Crippen LogP contribution in [0.1, 0.15) is 65.7 Å². The number of Topliss-reactive ketones (excluding diaryl/α,β-unsaturated/α-hetero) is 1. The number of hydrogen-bond donors (Lipinski definition) is 0. The van der Waals surface area contributed by atoms with Gasteiger partial charge in [0.05, 0.1) is 0 Å². The maximum Gasteiger partial charge on any atom is 0.136 e. The highest BCUT2D eigenvalue weighted by Crippen LogP contribution is 2.34. The highest BCUT2D eigenvalue weighted by molar-refractivity contribution is 5.81. The Balaban J connectivity index is 2.29. The van der Waals surface area contributed by atoms with Crippen molar-refractivity contribution in [2.24, 2.45) is 17.8 Å². The maximum atomic E-state index is 12.0. The summed E-state index contributed by atoms with van der Waals surface area (Å²) in [7, 11) is 0. The second kappa shape index (κ2) is 6.30. The molecule has 88 valence electrons. The van der Waals surface area contributed by atoms with E-state index in [2.05, 4.69) is 20.8 Å². The van der Waals surface area contributed by atoms with Gasteiger partial charge in [-0.25, -0.2) is 0 Å². The van der Waals surface area contributed by atoms with Crippen molar-refractivity contribution >= 4 is 5.78 Å². The third-order valence-electron chi connectivity index (χ3n) is 3.91. The zero-order valence-electron chi connectivity index (χ0n) is 10.6. The van der Waals surface area contributed by atoms with Crippen LogP contribution in [0.2, 0.25) is 0 Å². The van der Waals surface area contributed by atoms with E-state index in [1.807, 2.05) is 0 Å². The predicted octanol–water partition coefficient (Wildman–Crippen LogP) is 4.21. The van der Waals surface area contributed by atoms with Gasteiger partial charge in [-0.2, -0.15) is 0 Å². The SMILES string of the molecule is CCCC(C)CC(=O)C1CCC(CC)C1. The van der Waals surface area contributed by atoms with Crippen LogP contribution in [-0.4, -0.2) is 5.78 Å². The highest BCUT2D eigenvalue weighted by Gasteiger charge is 2.28. The first-order valence-electron chi connectivity index (χ1n) is 6.70. The van der Waals surface area contributed by atoms with Gasteiger partial charge in [-0.15, -0.1) is 0 Å². The summed E-state index contributed by atoms with van der Waals surface area (Å²) in [6.07, 6.45) is 8.12. The van der Waals surface area contributed by atoms with Crippen LogP contribution in [0, 0.1) is 17.8 Å². The summed E-state index contributed by atoms with van der Waals surface area (Å²) in [5.74, 6) is 2.39. The van der Waals surface area contributed by atoms with Crippen LogP contribution >= 0.6 is 0 Å². The Morgan fingerprint density at radius 3 is 2.60 bits per heavy atom. The molecule has 15 heavy (non-hydrogen) atoms. The lowest BCUT2D eigenvalue weighted by Crippen LogP contribution is -2.14. The predicted molar refractivity (Wildman–Crippen MR) is 64.8 cm³/mol. The van der Waals surface area contributed by atoms with Gasteiger partial charge in [0.1, 0.15) is 5.78 Å². The molecule has 1 nitrogen and oxygen atoms in total. The Morgan fingerprint density at radius 1 is 1.33 bits per heavy atom. The minimum atomic E-state index is 0.411. The molecular weight excluding hydrogens is 184 g/mol. The van der Waals surface area contributed by atoms with Crippen molar-refractivity contribution in [3.63, 3.8) is 0 Å². The first-order chi connectivity index (χ1) is 7.17. The largest absolute Gasteiger partial charge is 0.299 e. The van der Waals surface area contributed by atoms with Gasteiger partial charge in [-0.3, -0.25) is 4.79 Å². The van der Waals surface area contributed by atoms with E-state index in [9.17, 15) is 4.79 Å². The maximum absolute atomic E-state index is 12.0. The molecule has 1 rings (SSSR count). The molecule has 3 atom stereocenters. The molecule has 3 unspecified atom stereocenters. The molecule has 0 aromatic rings. The fourth-order valence-corrected chi connectivity index (χ4v) is 2.84. The smallest absolute Gasteiger partial charge is 0.136 e. The van der Waals surface area contributed by atoms with Gasteiger partial charge in [0.2, 0.25) is 0 Å². The molecule has 0 aromatic carbocycles. The van der Waals surface area contributed by atoms with Gasteiger partial charge in [-0.1, -0.05) is 40.0 Å². The zero-order chi connectivity index (χ0) is 11.3. The van der Waals surface area contributed by atoms with Crippen molar-refractivity contribution in [3.05, 3.63) is 0 Å². The van der Waals surface area contributed by atoms with Crippen LogP contribution < -0.4 is 0 Å². The van der Waals surface area contributed by atoms with Gasteiger partial charge in [0, 0.05) is 12.3 Å². The average Bonchev–Trinajstić information content (AvgIpc) is 2.66. The fourth-order valence-electron chi connectivity index (χ4n) is 2.84. The van der Waals surface area contributed by atoms with E-state index in [1.54, 1.807) is 0 Å². The summed E-state index contributed by atoms with van der Waals surface area (Å²) >= 11 is 0. The van der Waals surface area contributed by atoms with Crippen molar-refractivity contribution in [1.29, 1.82) is 0 Å². The first kappa shape index (κ1) is 12.7. The molecule has 1 heteroatoms. The molecule has 0 spiro atoms. The first-order valence-corrected chi connectivity index (χ1v) is 6.70. The molecule has 0 aromatic heterocycles. The van der Waals surface area contributed by atoms with E-state index in [4.69, 9.17) is 0 Å². The molecule has 1 fully saturated rings. The minimum Gasteiger partial charge on any atom is -0.299 e. The third kappa shape index (κ3) is 3.96. The van der Waals surface area contributed by atoms with Crippen LogP contribution in [0.5, 0.6) is 0 Å². The second-order valence-electron chi connectivity index (χ2n) is 5.35. The van der Waals surface area contributed by atoms with E-state index in [-0.39, 0.29) is 0 Å². The molecule has 0 heterocycles. The quantitative estimate of drug-likeness (QED) is 0.642. The molecular formula is C14H26O. The Bertz CT molecular complexity index is 198. The summed E-state index contributed by atoms with van der Waals surface area (Å²) in [4.78, 5) is 12.0. The van der Waals surface area contributed by atoms with Gasteiger partial charge in [0.15, 0.2) is 0 Å². The van der Waals surface area contributed by atoms with Crippen molar-refractivity contribution < 1.29 is 4.79 Å².